The summed E-state index contributed by atoms with van der Waals surface area (Å²) in [4.78, 5) is 13.3. The first-order valence-corrected chi connectivity index (χ1v) is 4.96. The summed E-state index contributed by atoms with van der Waals surface area (Å²) in [6.07, 6.45) is 1.97. The van der Waals surface area contributed by atoms with Gasteiger partial charge >= 0.3 is 0 Å². The van der Waals surface area contributed by atoms with Crippen molar-refractivity contribution in [2.24, 2.45) is 11.8 Å². The van der Waals surface area contributed by atoms with Gasteiger partial charge in [-0.1, -0.05) is 20.3 Å². The molecule has 2 atom stereocenters. The molecule has 0 bridgehead atoms. The van der Waals surface area contributed by atoms with Gasteiger partial charge < -0.3 is 4.90 Å². The van der Waals surface area contributed by atoms with E-state index in [4.69, 9.17) is 0 Å². The zero-order valence-electron chi connectivity index (χ0n) is 8.34. The largest absolute Gasteiger partial charge is 0.343 e. The molecule has 12 heavy (non-hydrogen) atoms. The average Bonchev–Trinajstić information content (AvgIpc) is 2.45. The number of carbonyl (C=O) groups is 1. The van der Waals surface area contributed by atoms with Crippen molar-refractivity contribution in [1.29, 1.82) is 0 Å². The van der Waals surface area contributed by atoms with E-state index in [0.29, 0.717) is 17.7 Å². The summed E-state index contributed by atoms with van der Waals surface area (Å²) in [6, 6.07) is 0. The molecule has 1 fully saturated rings. The lowest BCUT2D eigenvalue weighted by atomic mass is 9.91. The number of carbonyl (C=O) groups excluding carboxylic acids is 1. The molecule has 1 saturated heterocycles. The van der Waals surface area contributed by atoms with Crippen LogP contribution in [0.2, 0.25) is 0 Å². The van der Waals surface area contributed by atoms with Crippen LogP contribution in [0.3, 0.4) is 0 Å². The molecule has 0 N–H and O–H groups in total. The minimum absolute atomic E-state index is 0.350. The van der Waals surface area contributed by atoms with Gasteiger partial charge in [0, 0.05) is 19.5 Å². The Morgan fingerprint density at radius 1 is 1.58 bits per heavy atom. The summed E-state index contributed by atoms with van der Waals surface area (Å²) in [5, 5.41) is 0. The number of nitrogens with zero attached hydrogens (tertiary/aromatic N) is 1. The second kappa shape index (κ2) is 3.92. The van der Waals surface area contributed by atoms with Crippen LogP contribution in [-0.4, -0.2) is 23.9 Å². The molecule has 1 amide bonds. The van der Waals surface area contributed by atoms with E-state index in [1.54, 1.807) is 0 Å². The second-order valence-corrected chi connectivity index (χ2v) is 3.78. The molecule has 2 nitrogen and oxygen atoms in total. The highest BCUT2D eigenvalue weighted by atomic mass is 16.2. The summed E-state index contributed by atoms with van der Waals surface area (Å²) in [5.41, 5.74) is 0. The highest BCUT2D eigenvalue weighted by molar-refractivity contribution is 5.78. The number of rotatable bonds is 3. The van der Waals surface area contributed by atoms with Gasteiger partial charge in [0.2, 0.25) is 5.91 Å². The third kappa shape index (κ3) is 1.79. The number of hydrogen-bond donors (Lipinski definition) is 0. The van der Waals surface area contributed by atoms with Gasteiger partial charge in [0.25, 0.3) is 0 Å². The summed E-state index contributed by atoms with van der Waals surface area (Å²) < 4.78 is 0. The van der Waals surface area contributed by atoms with Crippen molar-refractivity contribution in [3.05, 3.63) is 0 Å². The van der Waals surface area contributed by atoms with Crippen LogP contribution in [0.4, 0.5) is 0 Å². The Bertz CT molecular complexity index is 167. The molecule has 0 aromatic carbocycles. The molecule has 1 aliphatic rings. The van der Waals surface area contributed by atoms with Gasteiger partial charge in [0.05, 0.1) is 0 Å². The third-order valence-corrected chi connectivity index (χ3v) is 3.07. The van der Waals surface area contributed by atoms with Crippen LogP contribution in [0.25, 0.3) is 0 Å². The quantitative estimate of drug-likeness (QED) is 0.632. The first kappa shape index (κ1) is 9.56. The third-order valence-electron chi connectivity index (χ3n) is 3.07. The van der Waals surface area contributed by atoms with Crippen LogP contribution in [0.1, 0.15) is 33.6 Å². The lowest BCUT2D eigenvalue weighted by Crippen LogP contribution is -2.25. The molecule has 1 rings (SSSR count). The van der Waals surface area contributed by atoms with Crippen LogP contribution in [0, 0.1) is 11.8 Å². The van der Waals surface area contributed by atoms with Crippen molar-refractivity contribution in [1.82, 2.24) is 4.90 Å². The first-order valence-electron chi connectivity index (χ1n) is 4.96. The maximum Gasteiger partial charge on any atom is 0.222 e. The molecule has 0 aliphatic carbocycles. The van der Waals surface area contributed by atoms with Crippen LogP contribution >= 0.6 is 0 Å². The van der Waals surface area contributed by atoms with Crippen LogP contribution in [0.5, 0.6) is 0 Å². The number of amides is 1. The molecule has 2 heteroatoms. The molecular weight excluding hydrogens is 150 g/mol. The van der Waals surface area contributed by atoms with Gasteiger partial charge in [0.15, 0.2) is 0 Å². The Morgan fingerprint density at radius 3 is 2.67 bits per heavy atom. The lowest BCUT2D eigenvalue weighted by molar-refractivity contribution is -0.127. The van der Waals surface area contributed by atoms with Gasteiger partial charge in [0.1, 0.15) is 0 Å². The number of likely N-dealkylation sites (tertiary alicyclic amines) is 1. The highest BCUT2D eigenvalue weighted by Crippen LogP contribution is 2.26. The standard InChI is InChI=1S/C10H19NO/c1-4-8(3)9-6-10(12)11(5-2)7-9/h8-9H,4-7H2,1-3H3. The van der Waals surface area contributed by atoms with E-state index in [1.165, 1.54) is 6.42 Å². The molecule has 70 valence electrons. The predicted molar refractivity (Wildman–Crippen MR) is 49.8 cm³/mol. The SMILES string of the molecule is CCC(C)C1CC(=O)N(CC)C1. The zero-order chi connectivity index (χ0) is 9.14. The summed E-state index contributed by atoms with van der Waals surface area (Å²) in [5.74, 6) is 1.66. The average molecular weight is 169 g/mol. The van der Waals surface area contributed by atoms with Crippen molar-refractivity contribution >= 4 is 5.91 Å². The summed E-state index contributed by atoms with van der Waals surface area (Å²) in [7, 11) is 0. The zero-order valence-corrected chi connectivity index (χ0v) is 8.34. The van der Waals surface area contributed by atoms with E-state index in [0.717, 1.165) is 19.5 Å². The lowest BCUT2D eigenvalue weighted by Gasteiger charge is -2.17. The van der Waals surface area contributed by atoms with E-state index in [9.17, 15) is 4.79 Å². The van der Waals surface area contributed by atoms with Gasteiger partial charge in [-0.3, -0.25) is 4.79 Å². The Hall–Kier alpha value is -0.530. The van der Waals surface area contributed by atoms with E-state index in [2.05, 4.69) is 20.8 Å². The molecule has 0 radical (unpaired) electrons. The minimum Gasteiger partial charge on any atom is -0.343 e. The Balaban J connectivity index is 2.48. The fourth-order valence-corrected chi connectivity index (χ4v) is 1.82. The monoisotopic (exact) mass is 169 g/mol. The molecule has 1 heterocycles. The van der Waals surface area contributed by atoms with Crippen molar-refractivity contribution in [2.75, 3.05) is 13.1 Å². The van der Waals surface area contributed by atoms with Crippen LogP contribution < -0.4 is 0 Å². The van der Waals surface area contributed by atoms with E-state index in [-0.39, 0.29) is 0 Å². The Labute approximate surface area is 74.9 Å². The Kier molecular flexibility index (Phi) is 3.12. The number of hydrogen-bond acceptors (Lipinski definition) is 1. The van der Waals surface area contributed by atoms with Gasteiger partial charge in [-0.2, -0.15) is 0 Å². The molecule has 0 spiro atoms. The second-order valence-electron chi connectivity index (χ2n) is 3.78. The molecule has 0 saturated carbocycles. The first-order chi connectivity index (χ1) is 5.69. The normalized spacial score (nSPS) is 26.4. The molecule has 0 aromatic heterocycles. The fourth-order valence-electron chi connectivity index (χ4n) is 1.82. The maximum absolute atomic E-state index is 11.4. The van der Waals surface area contributed by atoms with E-state index in [1.807, 2.05) is 4.90 Å². The van der Waals surface area contributed by atoms with Gasteiger partial charge in [-0.25, -0.2) is 0 Å². The predicted octanol–water partition coefficient (Wildman–Crippen LogP) is 1.90. The Morgan fingerprint density at radius 2 is 2.25 bits per heavy atom. The van der Waals surface area contributed by atoms with Crippen molar-refractivity contribution in [3.8, 4) is 0 Å². The van der Waals surface area contributed by atoms with Crippen LogP contribution in [-0.2, 0) is 4.79 Å². The highest BCUT2D eigenvalue weighted by Gasteiger charge is 2.30. The van der Waals surface area contributed by atoms with Crippen LogP contribution in [0.15, 0.2) is 0 Å². The van der Waals surface area contributed by atoms with Gasteiger partial charge in [-0.05, 0) is 18.8 Å². The molecular formula is C10H19NO. The minimum atomic E-state index is 0.350. The fraction of sp³-hybridized carbons (Fsp3) is 0.900. The topological polar surface area (TPSA) is 20.3 Å². The summed E-state index contributed by atoms with van der Waals surface area (Å²) >= 11 is 0. The smallest absolute Gasteiger partial charge is 0.222 e. The molecule has 0 aromatic rings. The summed E-state index contributed by atoms with van der Waals surface area (Å²) in [6.45, 7) is 8.37. The van der Waals surface area contributed by atoms with Gasteiger partial charge in [-0.15, -0.1) is 0 Å². The van der Waals surface area contributed by atoms with Crippen molar-refractivity contribution < 1.29 is 4.79 Å². The van der Waals surface area contributed by atoms with Crippen molar-refractivity contribution in [3.63, 3.8) is 0 Å². The van der Waals surface area contributed by atoms with E-state index < -0.39 is 0 Å². The van der Waals surface area contributed by atoms with Crippen molar-refractivity contribution in [2.45, 2.75) is 33.6 Å². The maximum atomic E-state index is 11.4. The molecule has 1 aliphatic heterocycles. The molecule has 2 unspecified atom stereocenters. The van der Waals surface area contributed by atoms with E-state index >= 15 is 0 Å².